The fourth-order valence-electron chi connectivity index (χ4n) is 4.55. The van der Waals surface area contributed by atoms with Crippen LogP contribution >= 0.6 is 23.2 Å². The highest BCUT2D eigenvalue weighted by atomic mass is 35.5. The van der Waals surface area contributed by atoms with Gasteiger partial charge in [0.25, 0.3) is 0 Å². The topological polar surface area (TPSA) is 93.0 Å². The van der Waals surface area contributed by atoms with E-state index in [9.17, 15) is 0 Å². The van der Waals surface area contributed by atoms with Gasteiger partial charge < -0.3 is 24.3 Å². The molecular weight excluding hydrogens is 559 g/mol. The van der Waals surface area contributed by atoms with Crippen LogP contribution in [0.5, 0.6) is 11.5 Å². The second kappa shape index (κ2) is 11.9. The summed E-state index contributed by atoms with van der Waals surface area (Å²) in [4.78, 5) is 12.2. The van der Waals surface area contributed by atoms with Gasteiger partial charge in [-0.15, -0.1) is 0 Å². The van der Waals surface area contributed by atoms with E-state index in [1.54, 1.807) is 12.5 Å². The molecule has 0 aliphatic rings. The van der Waals surface area contributed by atoms with Crippen molar-refractivity contribution in [2.75, 3.05) is 12.3 Å². The monoisotopic (exact) mass is 584 g/mol. The molecule has 0 bridgehead atoms. The Balaban J connectivity index is 1.29. The third kappa shape index (κ3) is 5.99. The SMILES string of the molecule is Nc1nc(C(Cl)Cl)nc2c1c(-c1ccc(OCc3ccccc3)cc1)cn2-c1ccc(OCCn2ccnc2)cc1. The first-order valence-corrected chi connectivity index (χ1v) is 13.9. The molecule has 3 aromatic heterocycles. The van der Waals surface area contributed by atoms with Gasteiger partial charge >= 0.3 is 0 Å². The van der Waals surface area contributed by atoms with Crippen LogP contribution in [0.15, 0.2) is 104 Å². The Morgan fingerprint density at radius 1 is 0.854 bits per heavy atom. The predicted octanol–water partition coefficient (Wildman–Crippen LogP) is 7.00. The predicted molar refractivity (Wildman–Crippen MR) is 162 cm³/mol. The fourth-order valence-corrected chi connectivity index (χ4v) is 4.74. The van der Waals surface area contributed by atoms with Crippen molar-refractivity contribution in [1.82, 2.24) is 24.1 Å². The lowest BCUT2D eigenvalue weighted by molar-refractivity contribution is 0.298. The van der Waals surface area contributed by atoms with Gasteiger partial charge in [-0.3, -0.25) is 0 Å². The van der Waals surface area contributed by atoms with Crippen LogP contribution in [0, 0.1) is 0 Å². The van der Waals surface area contributed by atoms with Crippen LogP contribution in [0.2, 0.25) is 0 Å². The van der Waals surface area contributed by atoms with E-state index in [0.29, 0.717) is 36.6 Å². The van der Waals surface area contributed by atoms with Crippen molar-refractivity contribution in [3.63, 3.8) is 0 Å². The lowest BCUT2D eigenvalue weighted by Gasteiger charge is -2.10. The molecule has 0 aliphatic heterocycles. The average Bonchev–Trinajstić information content (AvgIpc) is 3.66. The van der Waals surface area contributed by atoms with Gasteiger partial charge in [0.1, 0.15) is 30.5 Å². The highest BCUT2D eigenvalue weighted by Gasteiger charge is 2.20. The Hall–Kier alpha value is -4.53. The second-order valence-electron chi connectivity index (χ2n) is 9.32. The summed E-state index contributed by atoms with van der Waals surface area (Å²) >= 11 is 12.3. The molecule has 8 nitrogen and oxygen atoms in total. The molecule has 0 unspecified atom stereocenters. The number of nitrogens with zero attached hydrogens (tertiary/aromatic N) is 5. The van der Waals surface area contributed by atoms with Gasteiger partial charge in [-0.1, -0.05) is 65.7 Å². The molecule has 10 heteroatoms. The molecule has 0 saturated heterocycles. The summed E-state index contributed by atoms with van der Waals surface area (Å²) in [5.41, 5.74) is 10.8. The largest absolute Gasteiger partial charge is 0.492 e. The van der Waals surface area contributed by atoms with Crippen LogP contribution in [0.1, 0.15) is 16.2 Å². The Bertz CT molecular complexity index is 1740. The number of nitrogens with two attached hydrogens (primary N) is 1. The van der Waals surface area contributed by atoms with E-state index < -0.39 is 4.84 Å². The number of anilines is 1. The number of halogens is 2. The molecular formula is C31H26Cl2N6O2. The molecule has 0 amide bonds. The van der Waals surface area contributed by atoms with E-state index in [2.05, 4.69) is 15.0 Å². The number of alkyl halides is 2. The molecule has 0 aliphatic carbocycles. The summed E-state index contributed by atoms with van der Waals surface area (Å²) in [7, 11) is 0. The van der Waals surface area contributed by atoms with Crippen LogP contribution < -0.4 is 15.2 Å². The molecule has 0 saturated carbocycles. The first-order valence-electron chi connectivity index (χ1n) is 13.0. The zero-order valence-electron chi connectivity index (χ0n) is 21.9. The van der Waals surface area contributed by atoms with Crippen molar-refractivity contribution in [3.05, 3.63) is 115 Å². The summed E-state index contributed by atoms with van der Waals surface area (Å²) in [6.45, 7) is 1.72. The van der Waals surface area contributed by atoms with Crippen molar-refractivity contribution in [2.24, 2.45) is 0 Å². The molecule has 0 spiro atoms. The number of aromatic nitrogens is 5. The van der Waals surface area contributed by atoms with E-state index >= 15 is 0 Å². The van der Waals surface area contributed by atoms with E-state index in [1.165, 1.54) is 0 Å². The summed E-state index contributed by atoms with van der Waals surface area (Å²) < 4.78 is 15.8. The summed E-state index contributed by atoms with van der Waals surface area (Å²) in [5, 5.41) is 0.710. The second-order valence-corrected chi connectivity index (χ2v) is 10.4. The molecule has 3 heterocycles. The summed E-state index contributed by atoms with van der Waals surface area (Å²) in [6.07, 6.45) is 7.41. The zero-order chi connectivity index (χ0) is 28.2. The quantitative estimate of drug-likeness (QED) is 0.174. The number of hydrogen-bond acceptors (Lipinski definition) is 6. The summed E-state index contributed by atoms with van der Waals surface area (Å²) in [6, 6.07) is 25.7. The Kier molecular flexibility index (Phi) is 7.75. The minimum atomic E-state index is -0.916. The highest BCUT2D eigenvalue weighted by molar-refractivity contribution is 6.43. The van der Waals surface area contributed by atoms with Gasteiger partial charge in [0.2, 0.25) is 0 Å². The number of rotatable bonds is 10. The molecule has 41 heavy (non-hydrogen) atoms. The minimum Gasteiger partial charge on any atom is -0.492 e. The van der Waals surface area contributed by atoms with Crippen LogP contribution in [0.3, 0.4) is 0 Å². The van der Waals surface area contributed by atoms with Crippen molar-refractivity contribution >= 4 is 40.1 Å². The van der Waals surface area contributed by atoms with Gasteiger partial charge in [-0.05, 0) is 47.5 Å². The fraction of sp³-hybridized carbons (Fsp3) is 0.129. The first-order chi connectivity index (χ1) is 20.0. The first kappa shape index (κ1) is 26.7. The normalized spacial score (nSPS) is 11.3. The van der Waals surface area contributed by atoms with Crippen molar-refractivity contribution < 1.29 is 9.47 Å². The summed E-state index contributed by atoms with van der Waals surface area (Å²) in [5.74, 6) is 2.07. The van der Waals surface area contributed by atoms with Gasteiger partial charge in [-0.2, -0.15) is 0 Å². The van der Waals surface area contributed by atoms with E-state index in [1.807, 2.05) is 100 Å². The Morgan fingerprint density at radius 2 is 1.59 bits per heavy atom. The minimum absolute atomic E-state index is 0.244. The molecule has 6 aromatic rings. The lowest BCUT2D eigenvalue weighted by Crippen LogP contribution is -2.06. The average molecular weight is 585 g/mol. The molecule has 0 radical (unpaired) electrons. The molecule has 0 fully saturated rings. The van der Waals surface area contributed by atoms with E-state index in [4.69, 9.17) is 38.4 Å². The molecule has 3 aromatic carbocycles. The zero-order valence-corrected chi connectivity index (χ0v) is 23.4. The van der Waals surface area contributed by atoms with E-state index in [0.717, 1.165) is 33.9 Å². The van der Waals surface area contributed by atoms with Gasteiger partial charge in [0.05, 0.1) is 18.3 Å². The van der Waals surface area contributed by atoms with Crippen LogP contribution in [0.25, 0.3) is 27.8 Å². The van der Waals surface area contributed by atoms with Crippen molar-refractivity contribution in [3.8, 4) is 28.3 Å². The molecule has 2 N–H and O–H groups in total. The maximum atomic E-state index is 6.45. The molecule has 6 rings (SSSR count). The number of ether oxygens (including phenoxy) is 2. The third-order valence-corrected chi connectivity index (χ3v) is 6.98. The highest BCUT2D eigenvalue weighted by Crippen LogP contribution is 2.37. The number of fused-ring (bicyclic) bond motifs is 1. The Labute approximate surface area is 246 Å². The van der Waals surface area contributed by atoms with Gasteiger partial charge in [0, 0.05) is 29.8 Å². The molecule has 206 valence electrons. The number of nitrogen functional groups attached to an aromatic ring is 1. The third-order valence-electron chi connectivity index (χ3n) is 6.59. The number of imidazole rings is 1. The molecule has 0 atom stereocenters. The van der Waals surface area contributed by atoms with Crippen LogP contribution in [0.4, 0.5) is 5.82 Å². The Morgan fingerprint density at radius 3 is 2.29 bits per heavy atom. The standard InChI is InChI=1S/C31H26Cl2N6O2/c32-28(33)30-36-29(34)27-26(22-6-10-25(11-7-22)41-19-21-4-2-1-3-5-21)18-39(31(27)37-30)23-8-12-24(13-9-23)40-17-16-38-15-14-35-20-38/h1-15,18,20,28H,16-17,19H2,(H2,34,36,37). The maximum absolute atomic E-state index is 6.45. The number of benzene rings is 3. The maximum Gasteiger partial charge on any atom is 0.167 e. The van der Waals surface area contributed by atoms with Crippen molar-refractivity contribution in [2.45, 2.75) is 18.0 Å². The smallest absolute Gasteiger partial charge is 0.167 e. The van der Waals surface area contributed by atoms with Crippen molar-refractivity contribution in [1.29, 1.82) is 0 Å². The van der Waals surface area contributed by atoms with Crippen LogP contribution in [-0.4, -0.2) is 30.7 Å². The van der Waals surface area contributed by atoms with Gasteiger partial charge in [-0.25, -0.2) is 15.0 Å². The van der Waals surface area contributed by atoms with Crippen LogP contribution in [-0.2, 0) is 13.2 Å². The number of hydrogen-bond donors (Lipinski definition) is 1. The van der Waals surface area contributed by atoms with E-state index in [-0.39, 0.29) is 5.82 Å². The lowest BCUT2D eigenvalue weighted by atomic mass is 10.1. The van der Waals surface area contributed by atoms with Gasteiger partial charge in [0.15, 0.2) is 16.3 Å².